The van der Waals surface area contributed by atoms with Crippen LogP contribution in [0.25, 0.3) is 0 Å². The summed E-state index contributed by atoms with van der Waals surface area (Å²) in [6.45, 7) is 0. The molecule has 0 N–H and O–H groups in total. The molecule has 2 rings (SSSR count). The molecule has 0 aromatic heterocycles. The van der Waals surface area contributed by atoms with Crippen molar-refractivity contribution in [3.8, 4) is 6.07 Å². The minimum atomic E-state index is -0.254. The van der Waals surface area contributed by atoms with Crippen molar-refractivity contribution in [3.05, 3.63) is 0 Å². The van der Waals surface area contributed by atoms with E-state index in [0.29, 0.717) is 18.3 Å². The molecule has 2 heteroatoms. The van der Waals surface area contributed by atoms with Gasteiger partial charge in [0.15, 0.2) is 5.78 Å². The van der Waals surface area contributed by atoms with Gasteiger partial charge in [0.05, 0.1) is 6.07 Å². The number of hydrogen-bond donors (Lipinski definition) is 0. The summed E-state index contributed by atoms with van der Waals surface area (Å²) in [6, 6.07) is 2.16. The van der Waals surface area contributed by atoms with Crippen molar-refractivity contribution in [2.75, 3.05) is 0 Å². The van der Waals surface area contributed by atoms with Gasteiger partial charge in [0.25, 0.3) is 0 Å². The highest BCUT2D eigenvalue weighted by Crippen LogP contribution is 2.43. The van der Waals surface area contributed by atoms with E-state index in [2.05, 4.69) is 6.07 Å². The van der Waals surface area contributed by atoms with Crippen LogP contribution in [-0.2, 0) is 4.79 Å². The first-order chi connectivity index (χ1) is 5.83. The van der Waals surface area contributed by atoms with Gasteiger partial charge in [0.2, 0.25) is 0 Å². The van der Waals surface area contributed by atoms with E-state index >= 15 is 0 Å². The predicted molar refractivity (Wildman–Crippen MR) is 44.2 cm³/mol. The molecule has 0 bridgehead atoms. The van der Waals surface area contributed by atoms with Crippen molar-refractivity contribution in [1.82, 2.24) is 0 Å². The molecule has 0 radical (unpaired) electrons. The molecule has 2 saturated carbocycles. The molecular weight excluding hydrogens is 150 g/mol. The standard InChI is InChI=1S/C10H13NO/c11-6-9-8-4-2-1-3-7(8)5-10(9)12/h7-9H,1-5H2/t7-,8?,9+/m0/s1. The number of nitrogens with zero attached hydrogens (tertiary/aromatic N) is 1. The minimum Gasteiger partial charge on any atom is -0.298 e. The van der Waals surface area contributed by atoms with Gasteiger partial charge >= 0.3 is 0 Å². The molecule has 2 nitrogen and oxygen atoms in total. The highest BCUT2D eigenvalue weighted by molar-refractivity contribution is 5.86. The van der Waals surface area contributed by atoms with Gasteiger partial charge in [-0.2, -0.15) is 5.26 Å². The lowest BCUT2D eigenvalue weighted by molar-refractivity contribution is -0.119. The van der Waals surface area contributed by atoms with Crippen molar-refractivity contribution < 1.29 is 4.79 Å². The van der Waals surface area contributed by atoms with Gasteiger partial charge in [-0.1, -0.05) is 12.8 Å². The largest absolute Gasteiger partial charge is 0.298 e. The first-order valence-electron chi connectivity index (χ1n) is 4.75. The summed E-state index contributed by atoms with van der Waals surface area (Å²) in [4.78, 5) is 11.3. The number of hydrogen-bond acceptors (Lipinski definition) is 2. The van der Waals surface area contributed by atoms with Gasteiger partial charge < -0.3 is 0 Å². The van der Waals surface area contributed by atoms with E-state index in [9.17, 15) is 4.79 Å². The molecule has 2 aliphatic rings. The Labute approximate surface area is 72.6 Å². The van der Waals surface area contributed by atoms with Crippen LogP contribution < -0.4 is 0 Å². The Hall–Kier alpha value is -0.840. The van der Waals surface area contributed by atoms with Crippen molar-refractivity contribution in [2.24, 2.45) is 17.8 Å². The van der Waals surface area contributed by atoms with E-state index in [-0.39, 0.29) is 11.7 Å². The Morgan fingerprint density at radius 3 is 2.83 bits per heavy atom. The first kappa shape index (κ1) is 7.79. The van der Waals surface area contributed by atoms with Crippen LogP contribution in [0.4, 0.5) is 0 Å². The van der Waals surface area contributed by atoms with Crippen LogP contribution in [0.5, 0.6) is 0 Å². The molecule has 0 amide bonds. The Kier molecular flexibility index (Phi) is 1.88. The number of carbonyl (C=O) groups is 1. The number of nitriles is 1. The second kappa shape index (κ2) is 2.90. The normalized spacial score (nSPS) is 40.6. The van der Waals surface area contributed by atoms with Crippen LogP contribution in [0.15, 0.2) is 0 Å². The van der Waals surface area contributed by atoms with Crippen LogP contribution in [0.2, 0.25) is 0 Å². The van der Waals surface area contributed by atoms with Gasteiger partial charge in [-0.25, -0.2) is 0 Å². The smallest absolute Gasteiger partial charge is 0.150 e. The van der Waals surface area contributed by atoms with E-state index < -0.39 is 0 Å². The molecule has 2 aliphatic carbocycles. The van der Waals surface area contributed by atoms with Crippen LogP contribution >= 0.6 is 0 Å². The molecule has 2 fully saturated rings. The zero-order valence-corrected chi connectivity index (χ0v) is 7.12. The van der Waals surface area contributed by atoms with Crippen LogP contribution in [0.1, 0.15) is 32.1 Å². The second-order valence-corrected chi connectivity index (χ2v) is 3.99. The van der Waals surface area contributed by atoms with E-state index in [1.807, 2.05) is 0 Å². The summed E-state index contributed by atoms with van der Waals surface area (Å²) in [5.74, 6) is 0.914. The third kappa shape index (κ3) is 1.04. The molecule has 0 aromatic carbocycles. The van der Waals surface area contributed by atoms with Crippen molar-refractivity contribution in [2.45, 2.75) is 32.1 Å². The number of Topliss-reactive ketones (excluding diaryl/α,β-unsaturated/α-hetero) is 1. The Bertz CT molecular complexity index is 241. The molecule has 0 heterocycles. The van der Waals surface area contributed by atoms with Gasteiger partial charge in [0, 0.05) is 6.42 Å². The molecule has 1 unspecified atom stereocenters. The van der Waals surface area contributed by atoms with Gasteiger partial charge in [-0.05, 0) is 24.7 Å². The van der Waals surface area contributed by atoms with Crippen LogP contribution in [0, 0.1) is 29.1 Å². The Morgan fingerprint density at radius 1 is 1.33 bits per heavy atom. The maximum absolute atomic E-state index is 11.3. The first-order valence-corrected chi connectivity index (χ1v) is 4.75. The number of carbonyl (C=O) groups excluding carboxylic acids is 1. The summed E-state index contributed by atoms with van der Waals surface area (Å²) < 4.78 is 0. The molecule has 0 saturated heterocycles. The van der Waals surface area contributed by atoms with Gasteiger partial charge in [-0.3, -0.25) is 4.79 Å². The predicted octanol–water partition coefficient (Wildman–Crippen LogP) is 1.91. The SMILES string of the molecule is N#C[C@H]1C(=O)C[C@@H]2CCCCC21. The fraction of sp³-hybridized carbons (Fsp3) is 0.800. The van der Waals surface area contributed by atoms with E-state index in [4.69, 9.17) is 5.26 Å². The average Bonchev–Trinajstić information content (AvgIpc) is 2.40. The molecule has 0 spiro atoms. The van der Waals surface area contributed by atoms with Crippen molar-refractivity contribution in [1.29, 1.82) is 5.26 Å². The summed E-state index contributed by atoms with van der Waals surface area (Å²) >= 11 is 0. The lowest BCUT2D eigenvalue weighted by Crippen LogP contribution is -2.19. The van der Waals surface area contributed by atoms with E-state index in [1.54, 1.807) is 0 Å². The highest BCUT2D eigenvalue weighted by Gasteiger charge is 2.43. The average molecular weight is 163 g/mol. The van der Waals surface area contributed by atoms with Crippen molar-refractivity contribution in [3.63, 3.8) is 0 Å². The van der Waals surface area contributed by atoms with Crippen LogP contribution in [-0.4, -0.2) is 5.78 Å². The fourth-order valence-electron chi connectivity index (χ4n) is 2.72. The van der Waals surface area contributed by atoms with E-state index in [1.165, 1.54) is 19.3 Å². The topological polar surface area (TPSA) is 40.9 Å². The summed E-state index contributed by atoms with van der Waals surface area (Å²) in [7, 11) is 0. The third-order valence-corrected chi connectivity index (χ3v) is 3.35. The minimum absolute atomic E-state index is 0.203. The third-order valence-electron chi connectivity index (χ3n) is 3.35. The maximum atomic E-state index is 11.3. The Morgan fingerprint density at radius 2 is 2.08 bits per heavy atom. The molecular formula is C10H13NO. The van der Waals surface area contributed by atoms with Gasteiger partial charge in [-0.15, -0.1) is 0 Å². The van der Waals surface area contributed by atoms with Crippen molar-refractivity contribution >= 4 is 5.78 Å². The molecule has 64 valence electrons. The fourth-order valence-corrected chi connectivity index (χ4v) is 2.72. The molecule has 0 aliphatic heterocycles. The quantitative estimate of drug-likeness (QED) is 0.547. The lowest BCUT2D eigenvalue weighted by atomic mass is 9.78. The van der Waals surface area contributed by atoms with Crippen LogP contribution in [0.3, 0.4) is 0 Å². The molecule has 12 heavy (non-hydrogen) atoms. The lowest BCUT2D eigenvalue weighted by Gasteiger charge is -2.25. The number of ketones is 1. The van der Waals surface area contributed by atoms with E-state index in [0.717, 1.165) is 6.42 Å². The summed E-state index contributed by atoms with van der Waals surface area (Å²) in [6.07, 6.45) is 5.44. The summed E-state index contributed by atoms with van der Waals surface area (Å²) in [5, 5.41) is 8.80. The number of rotatable bonds is 0. The number of fused-ring (bicyclic) bond motifs is 1. The maximum Gasteiger partial charge on any atom is 0.150 e. The highest BCUT2D eigenvalue weighted by atomic mass is 16.1. The molecule has 0 aromatic rings. The van der Waals surface area contributed by atoms with Gasteiger partial charge in [0.1, 0.15) is 5.92 Å². The zero-order valence-electron chi connectivity index (χ0n) is 7.12. The monoisotopic (exact) mass is 163 g/mol. The zero-order chi connectivity index (χ0) is 8.55. The Balaban J connectivity index is 2.17. The second-order valence-electron chi connectivity index (χ2n) is 3.99. The molecule has 3 atom stereocenters. The summed E-state index contributed by atoms with van der Waals surface area (Å²) in [5.41, 5.74) is 0.